The number of esters is 1. The van der Waals surface area contributed by atoms with Gasteiger partial charge in [0.05, 0.1) is 18.1 Å². The van der Waals surface area contributed by atoms with Crippen LogP contribution in [0.4, 0.5) is 0 Å². The van der Waals surface area contributed by atoms with E-state index in [1.165, 1.54) is 0 Å². The zero-order chi connectivity index (χ0) is 23.5. The fraction of sp³-hybridized carbons (Fsp3) is 0.478. The molecule has 3 rings (SSSR count). The minimum Gasteiger partial charge on any atom is -0.493 e. The van der Waals surface area contributed by atoms with E-state index in [0.29, 0.717) is 41.5 Å². The summed E-state index contributed by atoms with van der Waals surface area (Å²) in [6, 6.07) is 6.91. The summed E-state index contributed by atoms with van der Waals surface area (Å²) in [5, 5.41) is 0.636. The van der Waals surface area contributed by atoms with Gasteiger partial charge in [0.1, 0.15) is 5.75 Å². The van der Waals surface area contributed by atoms with E-state index in [1.807, 2.05) is 18.4 Å². The smallest absolute Gasteiger partial charge is 0.306 e. The molecule has 1 aliphatic rings. The van der Waals surface area contributed by atoms with E-state index in [4.69, 9.17) is 21.1 Å². The number of aryl methyl sites for hydroxylation is 2. The number of aromatic nitrogens is 1. The molecule has 174 valence electrons. The van der Waals surface area contributed by atoms with Gasteiger partial charge in [-0.2, -0.15) is 0 Å². The van der Waals surface area contributed by atoms with E-state index < -0.39 is 15.8 Å². The number of hydrogen-bond donors (Lipinski definition) is 0. The van der Waals surface area contributed by atoms with E-state index in [9.17, 15) is 18.0 Å². The van der Waals surface area contributed by atoms with Crippen LogP contribution in [-0.2, 0) is 19.4 Å². The third kappa shape index (κ3) is 5.92. The molecule has 1 aromatic carbocycles. The van der Waals surface area contributed by atoms with E-state index >= 15 is 0 Å². The molecule has 1 saturated heterocycles. The van der Waals surface area contributed by atoms with Crippen molar-refractivity contribution in [3.8, 4) is 5.75 Å². The number of carbonyl (C=O) groups excluding carboxylic acids is 2. The number of ketones is 1. The second kappa shape index (κ2) is 10.1. The van der Waals surface area contributed by atoms with Gasteiger partial charge in [0.15, 0.2) is 16.4 Å². The SMILES string of the molecule is Cc1cc(Cl)ccc1OCCCC(=O)OCC(=O)c1cc(C)n(C2CCS(=O)(=O)C2)c1C. The average Bonchev–Trinajstić information content (AvgIpc) is 3.22. The van der Waals surface area contributed by atoms with E-state index in [2.05, 4.69) is 0 Å². The molecule has 0 amide bonds. The Morgan fingerprint density at radius 1 is 1.19 bits per heavy atom. The first-order chi connectivity index (χ1) is 15.1. The molecular weight excluding hydrogens is 454 g/mol. The minimum absolute atomic E-state index is 0.0869. The van der Waals surface area contributed by atoms with Crippen LogP contribution in [0.2, 0.25) is 5.02 Å². The van der Waals surface area contributed by atoms with Crippen LogP contribution < -0.4 is 4.74 Å². The molecule has 9 heteroatoms. The standard InChI is InChI=1S/C23H28ClNO6S/c1-15-11-18(24)6-7-22(15)30-9-4-5-23(27)31-13-21(26)20-12-16(2)25(17(20)3)19-8-10-32(28,29)14-19/h6-7,11-12,19H,4-5,8-10,13-14H2,1-3H3. The zero-order valence-corrected chi connectivity index (χ0v) is 20.1. The third-order valence-electron chi connectivity index (χ3n) is 5.64. The van der Waals surface area contributed by atoms with Crippen LogP contribution in [0.3, 0.4) is 0 Å². The summed E-state index contributed by atoms with van der Waals surface area (Å²) in [5.74, 6) is 0.195. The summed E-state index contributed by atoms with van der Waals surface area (Å²) in [6.45, 7) is 5.54. The molecule has 32 heavy (non-hydrogen) atoms. The number of carbonyl (C=O) groups is 2. The van der Waals surface area contributed by atoms with Gasteiger partial charge in [-0.15, -0.1) is 0 Å². The fourth-order valence-corrected chi connectivity index (χ4v) is 6.00. The van der Waals surface area contributed by atoms with Gasteiger partial charge < -0.3 is 14.0 Å². The number of benzene rings is 1. The van der Waals surface area contributed by atoms with E-state index in [-0.39, 0.29) is 36.4 Å². The third-order valence-corrected chi connectivity index (χ3v) is 7.63. The Balaban J connectivity index is 1.47. The Morgan fingerprint density at radius 2 is 1.94 bits per heavy atom. The van der Waals surface area contributed by atoms with Crippen LogP contribution in [0, 0.1) is 20.8 Å². The first kappa shape index (κ1) is 24.3. The normalized spacial score (nSPS) is 17.3. The van der Waals surface area contributed by atoms with Crippen molar-refractivity contribution in [2.24, 2.45) is 0 Å². The summed E-state index contributed by atoms with van der Waals surface area (Å²) >= 11 is 5.92. The second-order valence-corrected chi connectivity index (χ2v) is 10.8. The van der Waals surface area contributed by atoms with Gasteiger partial charge in [-0.25, -0.2) is 8.42 Å². The first-order valence-corrected chi connectivity index (χ1v) is 12.7. The van der Waals surface area contributed by atoms with Crippen molar-refractivity contribution in [3.63, 3.8) is 0 Å². The van der Waals surface area contributed by atoms with Crippen molar-refractivity contribution in [3.05, 3.63) is 51.8 Å². The molecule has 7 nitrogen and oxygen atoms in total. The van der Waals surface area contributed by atoms with Gasteiger partial charge in [0.2, 0.25) is 5.78 Å². The molecule has 2 heterocycles. The van der Waals surface area contributed by atoms with Gasteiger partial charge >= 0.3 is 5.97 Å². The molecule has 1 fully saturated rings. The van der Waals surface area contributed by atoms with Crippen LogP contribution in [0.1, 0.15) is 52.6 Å². The monoisotopic (exact) mass is 481 g/mol. The lowest BCUT2D eigenvalue weighted by molar-refractivity contribution is -0.142. The maximum absolute atomic E-state index is 12.6. The van der Waals surface area contributed by atoms with Crippen molar-refractivity contribution in [1.29, 1.82) is 0 Å². The van der Waals surface area contributed by atoms with Crippen LogP contribution in [0.25, 0.3) is 0 Å². The zero-order valence-electron chi connectivity index (χ0n) is 18.5. The lowest BCUT2D eigenvalue weighted by Gasteiger charge is -2.16. The Morgan fingerprint density at radius 3 is 2.59 bits per heavy atom. The molecule has 0 bridgehead atoms. The lowest BCUT2D eigenvalue weighted by Crippen LogP contribution is -2.17. The molecule has 0 radical (unpaired) electrons. The number of Topliss-reactive ketones (excluding diaryl/α,β-unsaturated/α-hetero) is 1. The van der Waals surface area contributed by atoms with Crippen LogP contribution in [0.5, 0.6) is 5.75 Å². The second-order valence-electron chi connectivity index (χ2n) is 8.16. The van der Waals surface area contributed by atoms with Crippen molar-refractivity contribution in [1.82, 2.24) is 4.57 Å². The number of nitrogens with zero attached hydrogens (tertiary/aromatic N) is 1. The fourth-order valence-electron chi connectivity index (χ4n) is 4.07. The predicted octanol–water partition coefficient (Wildman–Crippen LogP) is 4.01. The van der Waals surface area contributed by atoms with Crippen LogP contribution in [0.15, 0.2) is 24.3 Å². The van der Waals surface area contributed by atoms with E-state index in [0.717, 1.165) is 11.3 Å². The molecule has 0 aliphatic carbocycles. The van der Waals surface area contributed by atoms with Gasteiger partial charge in [0, 0.05) is 34.4 Å². The Hall–Kier alpha value is -2.32. The minimum atomic E-state index is -3.03. The number of hydrogen-bond acceptors (Lipinski definition) is 6. The van der Waals surface area contributed by atoms with Crippen molar-refractivity contribution < 1.29 is 27.5 Å². The molecule has 0 saturated carbocycles. The number of halogens is 1. The van der Waals surface area contributed by atoms with Crippen molar-refractivity contribution in [2.45, 2.75) is 46.1 Å². The lowest BCUT2D eigenvalue weighted by atomic mass is 10.1. The highest BCUT2D eigenvalue weighted by atomic mass is 35.5. The molecule has 1 unspecified atom stereocenters. The first-order valence-electron chi connectivity index (χ1n) is 10.5. The highest BCUT2D eigenvalue weighted by Crippen LogP contribution is 2.29. The average molecular weight is 482 g/mol. The Bertz CT molecular complexity index is 1120. The van der Waals surface area contributed by atoms with Gasteiger partial charge in [0.25, 0.3) is 0 Å². The topological polar surface area (TPSA) is 91.7 Å². The molecule has 0 spiro atoms. The quantitative estimate of drug-likeness (QED) is 0.305. The summed E-state index contributed by atoms with van der Waals surface area (Å²) < 4.78 is 36.4. The van der Waals surface area contributed by atoms with Gasteiger partial charge in [-0.05, 0) is 63.4 Å². The predicted molar refractivity (Wildman–Crippen MR) is 122 cm³/mol. The molecular formula is C23H28ClNO6S. The molecule has 1 atom stereocenters. The number of sulfone groups is 1. The van der Waals surface area contributed by atoms with Crippen LogP contribution in [-0.4, -0.2) is 49.5 Å². The molecule has 0 N–H and O–H groups in total. The largest absolute Gasteiger partial charge is 0.493 e. The van der Waals surface area contributed by atoms with Crippen molar-refractivity contribution >= 4 is 33.2 Å². The van der Waals surface area contributed by atoms with Crippen LogP contribution >= 0.6 is 11.6 Å². The summed E-state index contributed by atoms with van der Waals surface area (Å²) in [7, 11) is -3.03. The maximum Gasteiger partial charge on any atom is 0.306 e. The van der Waals surface area contributed by atoms with Crippen molar-refractivity contribution in [2.75, 3.05) is 24.7 Å². The molecule has 2 aromatic rings. The summed E-state index contributed by atoms with van der Waals surface area (Å²) in [5.41, 5.74) is 2.91. The Kier molecular flexibility index (Phi) is 7.67. The highest BCUT2D eigenvalue weighted by molar-refractivity contribution is 7.91. The van der Waals surface area contributed by atoms with Gasteiger partial charge in [-0.1, -0.05) is 11.6 Å². The van der Waals surface area contributed by atoms with Gasteiger partial charge in [-0.3, -0.25) is 9.59 Å². The highest BCUT2D eigenvalue weighted by Gasteiger charge is 2.31. The number of ether oxygens (including phenoxy) is 2. The molecule has 1 aliphatic heterocycles. The summed E-state index contributed by atoms with van der Waals surface area (Å²) in [6.07, 6.45) is 1.14. The molecule has 1 aromatic heterocycles. The Labute approximate surface area is 193 Å². The number of rotatable bonds is 9. The van der Waals surface area contributed by atoms with E-state index in [1.54, 1.807) is 31.2 Å². The summed E-state index contributed by atoms with van der Waals surface area (Å²) in [4.78, 5) is 24.6. The maximum atomic E-state index is 12.6.